The number of halogens is 2. The number of carbonyl (C=O) groups excluding carboxylic acids is 2. The highest BCUT2D eigenvalue weighted by Gasteiger charge is 2.36. The van der Waals surface area contributed by atoms with Crippen LogP contribution in [0.4, 0.5) is 9.18 Å². The van der Waals surface area contributed by atoms with Gasteiger partial charge in [0.25, 0.3) is 11.1 Å². The zero-order chi connectivity index (χ0) is 21.8. The Morgan fingerprint density at radius 1 is 1.20 bits per heavy atom. The molecule has 0 bridgehead atoms. The van der Waals surface area contributed by atoms with Gasteiger partial charge in [0.1, 0.15) is 5.82 Å². The summed E-state index contributed by atoms with van der Waals surface area (Å²) in [6.07, 6.45) is 1.59. The zero-order valence-electron chi connectivity index (χ0n) is 16.8. The topological polar surface area (TPSA) is 55.8 Å². The van der Waals surface area contributed by atoms with Crippen LogP contribution in [0.5, 0.6) is 11.5 Å². The van der Waals surface area contributed by atoms with Crippen molar-refractivity contribution in [1.29, 1.82) is 0 Å². The maximum Gasteiger partial charge on any atom is 0.293 e. The Balaban J connectivity index is 1.85. The summed E-state index contributed by atoms with van der Waals surface area (Å²) >= 11 is 6.83. The normalized spacial score (nSPS) is 15.4. The van der Waals surface area contributed by atoms with Crippen molar-refractivity contribution in [2.45, 2.75) is 33.4 Å². The lowest BCUT2D eigenvalue weighted by molar-refractivity contribution is -0.123. The van der Waals surface area contributed by atoms with Gasteiger partial charge in [-0.05, 0) is 68.4 Å². The first-order chi connectivity index (χ1) is 14.3. The summed E-state index contributed by atoms with van der Waals surface area (Å²) in [6, 6.07) is 9.53. The highest BCUT2D eigenvalue weighted by atomic mass is 35.5. The SMILES string of the molecule is CCOc1cc(/C=C2/SC(=O)N(Cc3c(F)cccc3Cl)C2=O)ccc1OC(C)C. The number of ether oxygens (including phenoxy) is 2. The van der Waals surface area contributed by atoms with Crippen LogP contribution in [0.1, 0.15) is 31.9 Å². The predicted octanol–water partition coefficient (Wildman–Crippen LogP) is 5.90. The first kappa shape index (κ1) is 22.2. The minimum atomic E-state index is -0.562. The van der Waals surface area contributed by atoms with Crippen LogP contribution in [0.15, 0.2) is 41.3 Å². The second kappa shape index (κ2) is 9.53. The van der Waals surface area contributed by atoms with Gasteiger partial charge in [-0.15, -0.1) is 0 Å². The molecule has 0 N–H and O–H groups in total. The molecule has 0 aliphatic carbocycles. The van der Waals surface area contributed by atoms with Gasteiger partial charge in [-0.25, -0.2) is 4.39 Å². The smallest absolute Gasteiger partial charge is 0.293 e. The molecule has 0 saturated carbocycles. The molecule has 30 heavy (non-hydrogen) atoms. The lowest BCUT2D eigenvalue weighted by Crippen LogP contribution is -2.28. The van der Waals surface area contributed by atoms with Crippen molar-refractivity contribution in [3.63, 3.8) is 0 Å². The van der Waals surface area contributed by atoms with Crippen molar-refractivity contribution >= 4 is 40.6 Å². The molecule has 0 spiro atoms. The largest absolute Gasteiger partial charge is 0.490 e. The summed E-state index contributed by atoms with van der Waals surface area (Å²) in [4.78, 5) is 26.4. The summed E-state index contributed by atoms with van der Waals surface area (Å²) in [5.74, 6) is 0.0982. The third kappa shape index (κ3) is 4.96. The third-order valence-corrected chi connectivity index (χ3v) is 5.44. The third-order valence-electron chi connectivity index (χ3n) is 4.18. The molecule has 1 aliphatic heterocycles. The highest BCUT2D eigenvalue weighted by Crippen LogP contribution is 2.36. The van der Waals surface area contributed by atoms with E-state index in [1.807, 2.05) is 20.8 Å². The predicted molar refractivity (Wildman–Crippen MR) is 116 cm³/mol. The fourth-order valence-electron chi connectivity index (χ4n) is 2.86. The number of benzene rings is 2. The lowest BCUT2D eigenvalue weighted by atomic mass is 10.1. The van der Waals surface area contributed by atoms with E-state index in [4.69, 9.17) is 21.1 Å². The minimum Gasteiger partial charge on any atom is -0.490 e. The van der Waals surface area contributed by atoms with Gasteiger partial charge in [-0.3, -0.25) is 14.5 Å². The molecule has 2 aromatic carbocycles. The van der Waals surface area contributed by atoms with E-state index in [1.54, 1.807) is 24.3 Å². The van der Waals surface area contributed by atoms with Crippen molar-refractivity contribution in [2.24, 2.45) is 0 Å². The zero-order valence-corrected chi connectivity index (χ0v) is 18.3. The molecule has 2 amide bonds. The molecule has 0 unspecified atom stereocenters. The van der Waals surface area contributed by atoms with Crippen LogP contribution in [-0.2, 0) is 11.3 Å². The van der Waals surface area contributed by atoms with Crippen molar-refractivity contribution in [2.75, 3.05) is 6.61 Å². The average Bonchev–Trinajstić information content (AvgIpc) is 2.93. The Hall–Kier alpha value is -2.51. The highest BCUT2D eigenvalue weighted by molar-refractivity contribution is 8.18. The second-order valence-electron chi connectivity index (χ2n) is 6.77. The summed E-state index contributed by atoms with van der Waals surface area (Å²) in [5, 5.41) is -0.310. The number of thioether (sulfide) groups is 1. The molecule has 1 heterocycles. The van der Waals surface area contributed by atoms with Gasteiger partial charge in [-0.1, -0.05) is 23.7 Å². The molecule has 5 nitrogen and oxygen atoms in total. The van der Waals surface area contributed by atoms with E-state index in [9.17, 15) is 14.0 Å². The molecule has 0 atom stereocenters. The van der Waals surface area contributed by atoms with E-state index >= 15 is 0 Å². The monoisotopic (exact) mass is 449 g/mol. The summed E-state index contributed by atoms with van der Waals surface area (Å²) in [7, 11) is 0. The fraction of sp³-hybridized carbons (Fsp3) is 0.273. The second-order valence-corrected chi connectivity index (χ2v) is 8.17. The van der Waals surface area contributed by atoms with E-state index in [2.05, 4.69) is 0 Å². The number of amides is 2. The number of rotatable bonds is 7. The molecule has 0 radical (unpaired) electrons. The van der Waals surface area contributed by atoms with E-state index in [-0.39, 0.29) is 28.1 Å². The Labute approximate surface area is 183 Å². The van der Waals surface area contributed by atoms with E-state index in [0.717, 1.165) is 16.7 Å². The lowest BCUT2D eigenvalue weighted by Gasteiger charge is -2.15. The molecule has 1 aliphatic rings. The number of imide groups is 1. The van der Waals surface area contributed by atoms with Crippen LogP contribution in [-0.4, -0.2) is 28.8 Å². The molecule has 2 aromatic rings. The van der Waals surface area contributed by atoms with Gasteiger partial charge in [0.05, 0.1) is 24.2 Å². The summed E-state index contributed by atoms with van der Waals surface area (Å²) in [5.41, 5.74) is 0.792. The number of hydrogen-bond donors (Lipinski definition) is 0. The maximum atomic E-state index is 14.1. The molecule has 1 saturated heterocycles. The Kier molecular flexibility index (Phi) is 7.05. The van der Waals surface area contributed by atoms with Crippen molar-refractivity contribution in [3.05, 3.63) is 63.3 Å². The van der Waals surface area contributed by atoms with Crippen LogP contribution >= 0.6 is 23.4 Å². The molecular weight excluding hydrogens is 429 g/mol. The van der Waals surface area contributed by atoms with Crippen LogP contribution in [0, 0.1) is 5.82 Å². The van der Waals surface area contributed by atoms with Gasteiger partial charge in [0.2, 0.25) is 0 Å². The van der Waals surface area contributed by atoms with E-state index < -0.39 is 17.0 Å². The van der Waals surface area contributed by atoms with Gasteiger partial charge in [-0.2, -0.15) is 0 Å². The maximum absolute atomic E-state index is 14.1. The van der Waals surface area contributed by atoms with Crippen LogP contribution in [0.25, 0.3) is 6.08 Å². The molecule has 158 valence electrons. The molecule has 0 aromatic heterocycles. The Morgan fingerprint density at radius 3 is 2.63 bits per heavy atom. The van der Waals surface area contributed by atoms with E-state index in [0.29, 0.717) is 23.7 Å². The van der Waals surface area contributed by atoms with E-state index in [1.165, 1.54) is 18.2 Å². The Bertz CT molecular complexity index is 988. The molecular formula is C22H21ClFNO4S. The summed E-state index contributed by atoms with van der Waals surface area (Å²) < 4.78 is 25.4. The average molecular weight is 450 g/mol. The van der Waals surface area contributed by atoms with Crippen LogP contribution < -0.4 is 9.47 Å². The quantitative estimate of drug-likeness (QED) is 0.492. The molecule has 1 fully saturated rings. The van der Waals surface area contributed by atoms with Crippen molar-refractivity contribution in [1.82, 2.24) is 4.90 Å². The molecule has 3 rings (SSSR count). The first-order valence-corrected chi connectivity index (χ1v) is 10.6. The first-order valence-electron chi connectivity index (χ1n) is 9.42. The van der Waals surface area contributed by atoms with Crippen molar-refractivity contribution < 1.29 is 23.5 Å². The number of nitrogens with zero attached hydrogens (tertiary/aromatic N) is 1. The van der Waals surface area contributed by atoms with Gasteiger partial charge >= 0.3 is 0 Å². The van der Waals surface area contributed by atoms with Crippen molar-refractivity contribution in [3.8, 4) is 11.5 Å². The number of carbonyl (C=O) groups is 2. The standard InChI is InChI=1S/C22H21ClFNO4S/c1-4-28-19-10-14(8-9-18(19)29-13(2)3)11-20-21(26)25(22(27)30-20)12-15-16(23)6-5-7-17(15)24/h5-11,13H,4,12H2,1-3H3/b20-11+. The number of hydrogen-bond acceptors (Lipinski definition) is 5. The van der Waals surface area contributed by atoms with Crippen LogP contribution in [0.3, 0.4) is 0 Å². The Morgan fingerprint density at radius 2 is 1.97 bits per heavy atom. The summed E-state index contributed by atoms with van der Waals surface area (Å²) in [6.45, 7) is 5.94. The molecule has 8 heteroatoms. The van der Waals surface area contributed by atoms with Crippen LogP contribution in [0.2, 0.25) is 5.02 Å². The van der Waals surface area contributed by atoms with Gasteiger partial charge in [0.15, 0.2) is 11.5 Å². The van der Waals surface area contributed by atoms with Gasteiger partial charge in [0, 0.05) is 10.6 Å². The fourth-order valence-corrected chi connectivity index (χ4v) is 3.92. The minimum absolute atomic E-state index is 0.0169. The van der Waals surface area contributed by atoms with Gasteiger partial charge < -0.3 is 9.47 Å².